The molecule has 3 rings (SSSR count). The Morgan fingerprint density at radius 2 is 1.64 bits per heavy atom. The number of halogens is 1. The van der Waals surface area contributed by atoms with Gasteiger partial charge in [0.25, 0.3) is 11.8 Å². The lowest BCUT2D eigenvalue weighted by Gasteiger charge is -2.07. The monoisotopic (exact) mass is 396 g/mol. The number of benzene rings is 2. The Morgan fingerprint density at radius 3 is 2.25 bits per heavy atom. The molecule has 0 bridgehead atoms. The van der Waals surface area contributed by atoms with Crippen LogP contribution in [0.4, 0.5) is 5.69 Å². The maximum absolute atomic E-state index is 12.7. The summed E-state index contributed by atoms with van der Waals surface area (Å²) >= 11 is 6.44. The first-order valence-electron chi connectivity index (χ1n) is 8.81. The number of anilines is 1. The predicted octanol–water partition coefficient (Wildman–Crippen LogP) is 3.81. The van der Waals surface area contributed by atoms with Gasteiger partial charge in [-0.3, -0.25) is 9.59 Å². The molecule has 6 nitrogen and oxygen atoms in total. The summed E-state index contributed by atoms with van der Waals surface area (Å²) in [5.41, 5.74) is 4.20. The van der Waals surface area contributed by atoms with Crippen molar-refractivity contribution in [1.29, 1.82) is 0 Å². The van der Waals surface area contributed by atoms with Crippen LogP contribution in [0.1, 0.15) is 37.5 Å². The van der Waals surface area contributed by atoms with Gasteiger partial charge >= 0.3 is 0 Å². The van der Waals surface area contributed by atoms with E-state index in [9.17, 15) is 9.59 Å². The van der Waals surface area contributed by atoms with E-state index in [2.05, 4.69) is 15.7 Å². The zero-order chi connectivity index (χ0) is 20.3. The van der Waals surface area contributed by atoms with E-state index in [0.29, 0.717) is 29.1 Å². The molecule has 0 aliphatic carbocycles. The summed E-state index contributed by atoms with van der Waals surface area (Å²) in [6, 6.07) is 14.7. The number of hydrogen-bond donors (Lipinski definition) is 2. The number of aryl methyl sites for hydroxylation is 2. The van der Waals surface area contributed by atoms with E-state index in [0.717, 1.165) is 5.56 Å². The average molecular weight is 397 g/mol. The Bertz CT molecular complexity index is 1010. The van der Waals surface area contributed by atoms with Crippen molar-refractivity contribution in [3.05, 3.63) is 81.6 Å². The lowest BCUT2D eigenvalue weighted by Crippen LogP contribution is -2.18. The molecule has 0 atom stereocenters. The van der Waals surface area contributed by atoms with Crippen LogP contribution >= 0.6 is 11.6 Å². The van der Waals surface area contributed by atoms with Gasteiger partial charge in [-0.1, -0.05) is 41.4 Å². The lowest BCUT2D eigenvalue weighted by molar-refractivity contribution is 0.0962. The fourth-order valence-corrected chi connectivity index (χ4v) is 3.15. The van der Waals surface area contributed by atoms with E-state index in [-0.39, 0.29) is 17.0 Å². The molecule has 2 N–H and O–H groups in total. The molecule has 144 valence electrons. The number of nitrogens with zero attached hydrogens (tertiary/aromatic N) is 2. The van der Waals surface area contributed by atoms with Crippen molar-refractivity contribution in [1.82, 2.24) is 15.1 Å². The van der Waals surface area contributed by atoms with E-state index in [4.69, 9.17) is 11.6 Å². The Labute approximate surface area is 168 Å². The molecule has 0 unspecified atom stereocenters. The molecular weight excluding hydrogens is 376 g/mol. The van der Waals surface area contributed by atoms with E-state index in [1.165, 1.54) is 5.56 Å². The van der Waals surface area contributed by atoms with Crippen molar-refractivity contribution in [2.75, 3.05) is 12.4 Å². The zero-order valence-corrected chi connectivity index (χ0v) is 16.7. The number of hydrogen-bond acceptors (Lipinski definition) is 3. The van der Waals surface area contributed by atoms with Gasteiger partial charge in [0.05, 0.1) is 17.8 Å². The van der Waals surface area contributed by atoms with Gasteiger partial charge < -0.3 is 10.6 Å². The van der Waals surface area contributed by atoms with Crippen molar-refractivity contribution in [2.45, 2.75) is 20.4 Å². The fraction of sp³-hybridized carbons (Fsp3) is 0.190. The summed E-state index contributed by atoms with van der Waals surface area (Å²) in [4.78, 5) is 24.3. The van der Waals surface area contributed by atoms with Crippen LogP contribution in [0, 0.1) is 13.8 Å². The minimum absolute atomic E-state index is 0.186. The van der Waals surface area contributed by atoms with Crippen molar-refractivity contribution in [3.63, 3.8) is 0 Å². The highest BCUT2D eigenvalue weighted by atomic mass is 35.5. The summed E-state index contributed by atoms with van der Waals surface area (Å²) in [5.74, 6) is -0.528. The highest BCUT2D eigenvalue weighted by Gasteiger charge is 2.20. The van der Waals surface area contributed by atoms with Crippen molar-refractivity contribution in [3.8, 4) is 0 Å². The number of nitrogens with one attached hydrogen (secondary N) is 2. The second kappa shape index (κ2) is 8.27. The van der Waals surface area contributed by atoms with Gasteiger partial charge in [-0.05, 0) is 43.7 Å². The molecule has 0 saturated carbocycles. The third-order valence-electron chi connectivity index (χ3n) is 4.38. The van der Waals surface area contributed by atoms with E-state index >= 15 is 0 Å². The molecule has 28 heavy (non-hydrogen) atoms. The minimum Gasteiger partial charge on any atom is -0.355 e. The van der Waals surface area contributed by atoms with Gasteiger partial charge in [-0.2, -0.15) is 5.10 Å². The van der Waals surface area contributed by atoms with Gasteiger partial charge in [-0.25, -0.2) is 4.68 Å². The quantitative estimate of drug-likeness (QED) is 0.688. The van der Waals surface area contributed by atoms with Crippen LogP contribution in [0.3, 0.4) is 0 Å². The topological polar surface area (TPSA) is 76.0 Å². The normalized spacial score (nSPS) is 10.6. The fourth-order valence-electron chi connectivity index (χ4n) is 2.83. The number of rotatable bonds is 5. The Morgan fingerprint density at radius 1 is 1.00 bits per heavy atom. The predicted molar refractivity (Wildman–Crippen MR) is 110 cm³/mol. The van der Waals surface area contributed by atoms with Crippen molar-refractivity contribution in [2.24, 2.45) is 0 Å². The van der Waals surface area contributed by atoms with E-state index in [1.807, 2.05) is 31.2 Å². The van der Waals surface area contributed by atoms with Crippen LogP contribution in [0.15, 0.2) is 48.5 Å². The van der Waals surface area contributed by atoms with Crippen LogP contribution in [0.5, 0.6) is 0 Å². The van der Waals surface area contributed by atoms with Gasteiger partial charge in [0, 0.05) is 18.3 Å². The molecule has 0 fully saturated rings. The van der Waals surface area contributed by atoms with Crippen LogP contribution in [0.2, 0.25) is 5.15 Å². The first kappa shape index (κ1) is 19.6. The first-order chi connectivity index (χ1) is 13.4. The third kappa shape index (κ3) is 4.23. The molecule has 1 aromatic heterocycles. The van der Waals surface area contributed by atoms with Gasteiger partial charge in [0.2, 0.25) is 0 Å². The molecule has 2 aromatic carbocycles. The molecule has 0 aliphatic heterocycles. The Kier molecular flexibility index (Phi) is 5.80. The van der Waals surface area contributed by atoms with Gasteiger partial charge in [0.15, 0.2) is 0 Å². The van der Waals surface area contributed by atoms with Gasteiger partial charge in [0.1, 0.15) is 5.15 Å². The molecule has 0 aliphatic rings. The van der Waals surface area contributed by atoms with E-state index < -0.39 is 0 Å². The second-order valence-corrected chi connectivity index (χ2v) is 6.86. The smallest absolute Gasteiger partial charge is 0.260 e. The molecule has 2 amide bonds. The molecule has 1 heterocycles. The average Bonchev–Trinajstić information content (AvgIpc) is 2.96. The third-order valence-corrected chi connectivity index (χ3v) is 4.76. The number of carbonyl (C=O) groups excluding carboxylic acids is 2. The summed E-state index contributed by atoms with van der Waals surface area (Å²) in [6.45, 7) is 4.26. The lowest BCUT2D eigenvalue weighted by atomic mass is 10.1. The van der Waals surface area contributed by atoms with Crippen LogP contribution in [-0.4, -0.2) is 28.6 Å². The molecule has 0 radical (unpaired) electrons. The number of aromatic nitrogens is 2. The highest BCUT2D eigenvalue weighted by molar-refractivity contribution is 6.33. The maximum Gasteiger partial charge on any atom is 0.260 e. The Hall–Kier alpha value is -3.12. The summed E-state index contributed by atoms with van der Waals surface area (Å²) in [5, 5.41) is 10.1. The zero-order valence-electron chi connectivity index (χ0n) is 15.9. The minimum atomic E-state index is -0.342. The van der Waals surface area contributed by atoms with Gasteiger partial charge in [-0.15, -0.1) is 0 Å². The van der Waals surface area contributed by atoms with Crippen LogP contribution < -0.4 is 10.6 Å². The summed E-state index contributed by atoms with van der Waals surface area (Å²) < 4.78 is 1.62. The number of carbonyl (C=O) groups is 2. The van der Waals surface area contributed by atoms with Crippen LogP contribution in [0.25, 0.3) is 0 Å². The maximum atomic E-state index is 12.7. The largest absolute Gasteiger partial charge is 0.355 e. The van der Waals surface area contributed by atoms with Crippen molar-refractivity contribution < 1.29 is 9.59 Å². The molecule has 7 heteroatoms. The molecule has 0 spiro atoms. The summed E-state index contributed by atoms with van der Waals surface area (Å²) in [6.07, 6.45) is 0. The molecule has 3 aromatic rings. The Balaban J connectivity index is 1.77. The molecule has 0 saturated heterocycles. The second-order valence-electron chi connectivity index (χ2n) is 6.51. The standard InChI is InChI=1S/C21H21ClN4O2/c1-13-4-6-15(7-5-13)12-26-19(22)18(14(2)25-26)21(28)24-17-10-8-16(9-11-17)20(27)23-3/h4-11H,12H2,1-3H3,(H,23,27)(H,24,28). The summed E-state index contributed by atoms with van der Waals surface area (Å²) in [7, 11) is 1.57. The van der Waals surface area contributed by atoms with Crippen molar-refractivity contribution >= 4 is 29.1 Å². The first-order valence-corrected chi connectivity index (χ1v) is 9.18. The van der Waals surface area contributed by atoms with Crippen LogP contribution in [-0.2, 0) is 6.54 Å². The highest BCUT2D eigenvalue weighted by Crippen LogP contribution is 2.22. The SMILES string of the molecule is CNC(=O)c1ccc(NC(=O)c2c(C)nn(Cc3ccc(C)cc3)c2Cl)cc1. The van der Waals surface area contributed by atoms with E-state index in [1.54, 1.807) is 42.9 Å². The molecular formula is C21H21ClN4O2. The number of amides is 2.